The highest BCUT2D eigenvalue weighted by molar-refractivity contribution is 5.95. The third-order valence-electron chi connectivity index (χ3n) is 15.2. The lowest BCUT2D eigenvalue weighted by molar-refractivity contribution is 0.469. The average Bonchev–Trinajstić information content (AvgIpc) is 0.815. The normalized spacial score (nSPS) is 8.09. The Balaban J connectivity index is -0.000000125. The van der Waals surface area contributed by atoms with Crippen LogP contribution < -0.4 is 0 Å². The molecule has 0 atom stereocenters. The standard InChI is InChI=1S/4C10H8O2.4C10H8O.C6H6O.20C2H6/c11-9-3-1-7-2-4-10(12)6-8(7)5-9;11-9-5-1-3-7-8(9)4-2-6-10(7)12;11-8-4-5-9-7(6-8)2-1-3-10(9)12;11-9-5-6-10(12)8-4-2-1-3-7(8)9;2*11-10-7-3-5-8-4-1-2-6-9(8)10;2*11-10-6-5-8-3-1-2-4-9(8)7-10;7-6-4-2-1-3-5-6;20*1-2/h4*1-6,11-12H;4*1-7,11H;1-5,7H;20*1-2H3. The molecule has 13 nitrogen and oxygen atoms in total. The number of phenols is 13. The van der Waals surface area contributed by atoms with Gasteiger partial charge in [0.05, 0.1) is 0 Å². The minimum Gasteiger partial charge on any atom is -0.508 e. The summed E-state index contributed by atoms with van der Waals surface area (Å²) in [5, 5.41) is 135. The molecule has 17 aromatic carbocycles. The largest absolute Gasteiger partial charge is 0.508 e. The molecule has 0 amide bonds. The number of phenolic OH excluding ortho intramolecular Hbond substituents is 13. The lowest BCUT2D eigenvalue weighted by Crippen LogP contribution is -1.73. The van der Waals surface area contributed by atoms with Gasteiger partial charge in [0.15, 0.2) is 0 Å². The van der Waals surface area contributed by atoms with Crippen molar-refractivity contribution in [2.24, 2.45) is 0 Å². The molecule has 17 rings (SSSR count). The van der Waals surface area contributed by atoms with Crippen molar-refractivity contribution in [2.75, 3.05) is 0 Å². The van der Waals surface area contributed by atoms with Crippen molar-refractivity contribution in [3.8, 4) is 74.7 Å². The van der Waals surface area contributed by atoms with E-state index >= 15 is 0 Å². The summed E-state index contributed by atoms with van der Waals surface area (Å²) in [5.41, 5.74) is 0. The van der Waals surface area contributed by atoms with E-state index in [1.54, 1.807) is 164 Å². The van der Waals surface area contributed by atoms with Crippen LogP contribution in [0.15, 0.2) is 346 Å². The first-order valence-electron chi connectivity index (χ1n) is 51.0. The van der Waals surface area contributed by atoms with Crippen LogP contribution in [0, 0.1) is 0 Å². The highest BCUT2D eigenvalue weighted by atomic mass is 16.3. The van der Waals surface area contributed by atoms with Crippen molar-refractivity contribution in [3.63, 3.8) is 0 Å². The fourth-order valence-electron chi connectivity index (χ4n) is 10.2. The molecule has 0 aliphatic carbocycles. The van der Waals surface area contributed by atoms with Gasteiger partial charge in [-0.1, -0.05) is 501 Å². The topological polar surface area (TPSA) is 263 Å². The lowest BCUT2D eigenvalue weighted by Gasteiger charge is -2.01. The van der Waals surface area contributed by atoms with Crippen molar-refractivity contribution >= 4 is 86.2 Å². The molecule has 0 aliphatic rings. The molecule has 0 radical (unpaired) electrons. The Bertz CT molecular complexity index is 5130. The molecule has 772 valence electrons. The molecule has 13 heteroatoms. The first kappa shape index (κ1) is 151. The fraction of sp³-hybridized carbons (Fsp3) is 0.317. The van der Waals surface area contributed by atoms with Gasteiger partial charge in [-0.15, -0.1) is 0 Å². The highest BCUT2D eigenvalue weighted by Gasteiger charge is 2.05. The quantitative estimate of drug-likeness (QED) is 0.0631. The third-order valence-corrected chi connectivity index (χ3v) is 15.2. The van der Waals surface area contributed by atoms with E-state index in [2.05, 4.69) is 0 Å². The van der Waals surface area contributed by atoms with Gasteiger partial charge in [0.1, 0.15) is 74.7 Å². The van der Waals surface area contributed by atoms with Crippen LogP contribution in [-0.2, 0) is 0 Å². The van der Waals surface area contributed by atoms with Gasteiger partial charge < -0.3 is 66.4 Å². The second-order valence-corrected chi connectivity index (χ2v) is 22.1. The number of rotatable bonds is 0. The SMILES string of the molecule is CC.CC.CC.CC.CC.CC.CC.CC.CC.CC.CC.CC.CC.CC.CC.CC.CC.CC.CC.CC.Oc1ccc(O)c2ccccc12.Oc1ccc2c(O)cccc2c1.Oc1ccc2ccc(O)cc2c1.Oc1ccc2ccccc2c1.Oc1ccc2ccccc2c1.Oc1cccc2c(O)cccc12.Oc1cccc2ccccc12.Oc1cccc2ccccc12.Oc1ccccc1. The molecule has 0 aromatic heterocycles. The highest BCUT2D eigenvalue weighted by Crippen LogP contribution is 2.33. The van der Waals surface area contributed by atoms with Crippen LogP contribution in [-0.4, -0.2) is 66.4 Å². The monoisotopic (exact) mass is 1910 g/mol. The smallest absolute Gasteiger partial charge is 0.123 e. The fourth-order valence-corrected chi connectivity index (χ4v) is 10.2. The summed E-state index contributed by atoms with van der Waals surface area (Å²) in [6.45, 7) is 80.0. The van der Waals surface area contributed by atoms with E-state index in [4.69, 9.17) is 30.6 Å². The van der Waals surface area contributed by atoms with Gasteiger partial charge in [-0.2, -0.15) is 0 Å². The molecule has 17 aromatic rings. The number of aromatic hydroxyl groups is 13. The maximum atomic E-state index is 9.38. The Morgan fingerprint density at radius 2 is 0.252 bits per heavy atom. The van der Waals surface area contributed by atoms with Crippen molar-refractivity contribution in [2.45, 2.75) is 277 Å². The maximum absolute atomic E-state index is 9.38. The Morgan fingerprint density at radius 1 is 0.0935 bits per heavy atom. The number of para-hydroxylation sites is 1. The summed E-state index contributed by atoms with van der Waals surface area (Å²) < 4.78 is 0. The third kappa shape index (κ3) is 64.8. The molecule has 0 saturated carbocycles. The van der Waals surface area contributed by atoms with Crippen molar-refractivity contribution in [1.82, 2.24) is 0 Å². The maximum Gasteiger partial charge on any atom is 0.123 e. The van der Waals surface area contributed by atoms with E-state index in [9.17, 15) is 35.7 Å². The van der Waals surface area contributed by atoms with Crippen LogP contribution in [0.5, 0.6) is 74.7 Å². The van der Waals surface area contributed by atoms with E-state index in [0.29, 0.717) is 50.3 Å². The van der Waals surface area contributed by atoms with E-state index in [1.807, 2.05) is 447 Å². The molecular weight excluding hydrogens is 1720 g/mol. The molecule has 13 N–H and O–H groups in total. The molecule has 0 aliphatic heterocycles. The van der Waals surface area contributed by atoms with Gasteiger partial charge in [-0.25, -0.2) is 0 Å². The minimum atomic E-state index is 0.198. The second-order valence-electron chi connectivity index (χ2n) is 22.1. The zero-order chi connectivity index (χ0) is 110. The van der Waals surface area contributed by atoms with Gasteiger partial charge in [0.2, 0.25) is 0 Å². The van der Waals surface area contributed by atoms with E-state index in [0.717, 1.165) is 64.6 Å². The molecule has 0 fully saturated rings. The van der Waals surface area contributed by atoms with E-state index < -0.39 is 0 Å². The Hall–Kier alpha value is -13.8. The van der Waals surface area contributed by atoms with Crippen molar-refractivity contribution in [3.05, 3.63) is 346 Å². The summed E-state index contributed by atoms with van der Waals surface area (Å²) in [4.78, 5) is 0. The molecular formula is C126H190O13. The predicted octanol–water partition coefficient (Wildman–Crippen LogP) is 41.1. The average molecular weight is 1910 g/mol. The molecule has 0 saturated heterocycles. The minimum absolute atomic E-state index is 0.198. The van der Waals surface area contributed by atoms with Gasteiger partial charge >= 0.3 is 0 Å². The number of hydrogen-bond acceptors (Lipinski definition) is 13. The number of hydrogen-bond donors (Lipinski definition) is 13. The second kappa shape index (κ2) is 111. The van der Waals surface area contributed by atoms with E-state index in [-0.39, 0.29) is 46.0 Å². The number of fused-ring (bicyclic) bond motifs is 8. The first-order valence-corrected chi connectivity index (χ1v) is 51.0. The molecule has 0 unspecified atom stereocenters. The summed E-state index contributed by atoms with van der Waals surface area (Å²) >= 11 is 0. The van der Waals surface area contributed by atoms with Crippen LogP contribution in [0.2, 0.25) is 0 Å². The zero-order valence-corrected chi connectivity index (χ0v) is 93.2. The lowest BCUT2D eigenvalue weighted by atomic mass is 10.1. The van der Waals surface area contributed by atoms with Crippen molar-refractivity contribution < 1.29 is 66.4 Å². The zero-order valence-electron chi connectivity index (χ0n) is 93.2. The Morgan fingerprint density at radius 3 is 0.504 bits per heavy atom. The number of benzene rings is 17. The van der Waals surface area contributed by atoms with Crippen LogP contribution in [0.4, 0.5) is 0 Å². The molecule has 139 heavy (non-hydrogen) atoms. The Kier molecular flexibility index (Phi) is 121. The first-order chi connectivity index (χ1) is 68.0. The molecule has 0 spiro atoms. The van der Waals surface area contributed by atoms with Crippen LogP contribution in [0.1, 0.15) is 277 Å². The van der Waals surface area contributed by atoms with Crippen LogP contribution >= 0.6 is 0 Å². The van der Waals surface area contributed by atoms with Crippen molar-refractivity contribution in [1.29, 1.82) is 0 Å². The van der Waals surface area contributed by atoms with E-state index in [1.165, 1.54) is 12.1 Å². The molecule has 0 bridgehead atoms. The summed E-state index contributed by atoms with van der Waals surface area (Å²) in [6.07, 6.45) is 0. The van der Waals surface area contributed by atoms with Gasteiger partial charge in [0.25, 0.3) is 0 Å². The summed E-state index contributed by atoms with van der Waals surface area (Å²) in [6, 6.07) is 102. The van der Waals surface area contributed by atoms with Crippen LogP contribution in [0.3, 0.4) is 0 Å². The van der Waals surface area contributed by atoms with Crippen LogP contribution in [0.25, 0.3) is 86.2 Å². The van der Waals surface area contributed by atoms with Gasteiger partial charge in [-0.3, -0.25) is 0 Å². The summed E-state index contributed by atoms with van der Waals surface area (Å²) in [5.74, 6) is 3.35. The summed E-state index contributed by atoms with van der Waals surface area (Å²) in [7, 11) is 0. The molecule has 0 heterocycles. The van der Waals surface area contributed by atoms with Gasteiger partial charge in [0, 0.05) is 37.7 Å². The predicted molar refractivity (Wildman–Crippen MR) is 627 cm³/mol. The van der Waals surface area contributed by atoms with Gasteiger partial charge in [-0.05, 0) is 170 Å². The Labute approximate surface area is 844 Å².